The molecule has 1 fully saturated rings. The molecule has 1 aromatic carbocycles. The fraction of sp³-hybridized carbons (Fsp3) is 0.462. The van der Waals surface area contributed by atoms with Crippen molar-refractivity contribution in [2.45, 2.75) is 25.2 Å². The summed E-state index contributed by atoms with van der Waals surface area (Å²) in [6, 6.07) is 1.65. The van der Waals surface area contributed by atoms with E-state index in [4.69, 9.17) is 26.2 Å². The molecule has 0 radical (unpaired) electrons. The highest BCUT2D eigenvalue weighted by molar-refractivity contribution is 6.34. The fourth-order valence-electron chi connectivity index (χ4n) is 2.51. The van der Waals surface area contributed by atoms with Gasteiger partial charge in [0.15, 0.2) is 11.5 Å². The van der Waals surface area contributed by atoms with Gasteiger partial charge < -0.3 is 19.7 Å². The first-order valence-electron chi connectivity index (χ1n) is 6.10. The number of hydrogen-bond acceptors (Lipinski definition) is 4. The largest absolute Gasteiger partial charge is 0.506 e. The smallest absolute Gasteiger partial charge is 0.303 e. The molecule has 1 saturated carbocycles. The molecule has 6 heteroatoms. The summed E-state index contributed by atoms with van der Waals surface area (Å²) < 4.78 is 10.4. The van der Waals surface area contributed by atoms with E-state index in [9.17, 15) is 9.90 Å². The predicted octanol–water partition coefficient (Wildman–Crippen LogP) is 2.74. The highest BCUT2D eigenvalue weighted by atomic mass is 35.5. The lowest BCUT2D eigenvalue weighted by atomic mass is 9.90. The molecule has 19 heavy (non-hydrogen) atoms. The third kappa shape index (κ3) is 2.18. The minimum Gasteiger partial charge on any atom is -0.506 e. The summed E-state index contributed by atoms with van der Waals surface area (Å²) >= 11 is 6.05. The van der Waals surface area contributed by atoms with Crippen LogP contribution >= 0.6 is 11.6 Å². The van der Waals surface area contributed by atoms with Crippen LogP contribution in [-0.4, -0.2) is 23.0 Å². The van der Waals surface area contributed by atoms with Gasteiger partial charge in [-0.1, -0.05) is 11.6 Å². The molecule has 0 aromatic heterocycles. The van der Waals surface area contributed by atoms with Crippen molar-refractivity contribution in [1.82, 2.24) is 0 Å². The van der Waals surface area contributed by atoms with E-state index in [-0.39, 0.29) is 29.9 Å². The number of phenols is 1. The standard InChI is InChI=1S/C13H13ClO5/c14-11-12(17)8(3-9-13(11)19-5-18-9)7(4-10(15)16)6-1-2-6/h3,6-7,17H,1-2,4-5H2,(H,15,16). The Morgan fingerprint density at radius 2 is 2.21 bits per heavy atom. The predicted molar refractivity (Wildman–Crippen MR) is 67.0 cm³/mol. The number of phenolic OH excluding ortho intramolecular Hbond substituents is 1. The number of fused-ring (bicyclic) bond motifs is 1. The Labute approximate surface area is 114 Å². The van der Waals surface area contributed by atoms with Crippen LogP contribution in [-0.2, 0) is 4.79 Å². The van der Waals surface area contributed by atoms with Crippen molar-refractivity contribution < 1.29 is 24.5 Å². The second kappa shape index (κ2) is 4.49. The molecule has 5 nitrogen and oxygen atoms in total. The molecular weight excluding hydrogens is 272 g/mol. The molecule has 2 N–H and O–H groups in total. The van der Waals surface area contributed by atoms with Crippen molar-refractivity contribution in [2.24, 2.45) is 5.92 Å². The van der Waals surface area contributed by atoms with Crippen molar-refractivity contribution in [3.63, 3.8) is 0 Å². The maximum Gasteiger partial charge on any atom is 0.303 e. The summed E-state index contributed by atoms with van der Waals surface area (Å²) in [5, 5.41) is 19.3. The number of benzene rings is 1. The van der Waals surface area contributed by atoms with E-state index >= 15 is 0 Å². The summed E-state index contributed by atoms with van der Waals surface area (Å²) in [4.78, 5) is 11.0. The Hall–Kier alpha value is -1.62. The first-order valence-corrected chi connectivity index (χ1v) is 6.48. The highest BCUT2D eigenvalue weighted by Crippen LogP contribution is 2.53. The number of carboxylic acids is 1. The molecular formula is C13H13ClO5. The van der Waals surface area contributed by atoms with Gasteiger partial charge in [-0.2, -0.15) is 0 Å². The Morgan fingerprint density at radius 3 is 2.84 bits per heavy atom. The first kappa shape index (κ1) is 12.4. The van der Waals surface area contributed by atoms with Crippen LogP contribution in [0.2, 0.25) is 5.02 Å². The molecule has 3 rings (SSSR count). The van der Waals surface area contributed by atoms with Crippen molar-refractivity contribution in [2.75, 3.05) is 6.79 Å². The summed E-state index contributed by atoms with van der Waals surface area (Å²) in [5.74, 6) is -0.126. The van der Waals surface area contributed by atoms with Crippen molar-refractivity contribution in [3.05, 3.63) is 16.7 Å². The molecule has 0 spiro atoms. The van der Waals surface area contributed by atoms with Crippen LogP contribution < -0.4 is 9.47 Å². The second-order valence-electron chi connectivity index (χ2n) is 4.90. The molecule has 1 aromatic rings. The van der Waals surface area contributed by atoms with Gasteiger partial charge in [0.05, 0.1) is 6.42 Å². The second-order valence-corrected chi connectivity index (χ2v) is 5.28. The van der Waals surface area contributed by atoms with E-state index in [1.165, 1.54) is 0 Å². The Kier molecular flexibility index (Phi) is 2.93. The number of aromatic hydroxyl groups is 1. The molecule has 1 unspecified atom stereocenters. The molecule has 2 aliphatic rings. The van der Waals surface area contributed by atoms with Crippen molar-refractivity contribution >= 4 is 17.6 Å². The van der Waals surface area contributed by atoms with Gasteiger partial charge in [-0.15, -0.1) is 0 Å². The number of halogens is 1. The van der Waals surface area contributed by atoms with Gasteiger partial charge in [-0.25, -0.2) is 0 Å². The maximum absolute atomic E-state index is 11.0. The van der Waals surface area contributed by atoms with Gasteiger partial charge in [0, 0.05) is 11.5 Å². The highest BCUT2D eigenvalue weighted by Gasteiger charge is 2.37. The van der Waals surface area contributed by atoms with Crippen LogP contribution in [0.4, 0.5) is 0 Å². The van der Waals surface area contributed by atoms with Crippen LogP contribution in [0, 0.1) is 5.92 Å². The first-order chi connectivity index (χ1) is 9.08. The van der Waals surface area contributed by atoms with Gasteiger partial charge in [0.1, 0.15) is 10.8 Å². The van der Waals surface area contributed by atoms with E-state index in [0.29, 0.717) is 23.0 Å². The number of carboxylic acid groups (broad SMARTS) is 1. The van der Waals surface area contributed by atoms with E-state index in [1.54, 1.807) is 6.07 Å². The lowest BCUT2D eigenvalue weighted by Gasteiger charge is -2.17. The van der Waals surface area contributed by atoms with E-state index < -0.39 is 5.97 Å². The van der Waals surface area contributed by atoms with Gasteiger partial charge in [-0.05, 0) is 24.8 Å². The average Bonchev–Trinajstić information content (AvgIpc) is 3.09. The lowest BCUT2D eigenvalue weighted by Crippen LogP contribution is -2.08. The summed E-state index contributed by atoms with van der Waals surface area (Å²) in [5.41, 5.74) is 0.541. The number of ether oxygens (including phenoxy) is 2. The monoisotopic (exact) mass is 284 g/mol. The van der Waals surface area contributed by atoms with Crippen LogP contribution in [0.3, 0.4) is 0 Å². The third-order valence-electron chi connectivity index (χ3n) is 3.59. The molecule has 0 saturated heterocycles. The zero-order valence-electron chi connectivity index (χ0n) is 10.1. The van der Waals surface area contributed by atoms with Gasteiger partial charge in [0.2, 0.25) is 6.79 Å². The Balaban J connectivity index is 2.03. The summed E-state index contributed by atoms with van der Waals surface area (Å²) in [6.45, 7) is 0.0605. The van der Waals surface area contributed by atoms with Gasteiger partial charge in [-0.3, -0.25) is 4.79 Å². The number of hydrogen-bond donors (Lipinski definition) is 2. The van der Waals surface area contributed by atoms with E-state index in [0.717, 1.165) is 12.8 Å². The molecule has 1 aliphatic heterocycles. The van der Waals surface area contributed by atoms with Gasteiger partial charge >= 0.3 is 5.97 Å². The number of rotatable bonds is 4. The Morgan fingerprint density at radius 1 is 1.47 bits per heavy atom. The van der Waals surface area contributed by atoms with E-state index in [2.05, 4.69) is 0 Å². The molecule has 1 atom stereocenters. The number of aliphatic carboxylic acids is 1. The van der Waals surface area contributed by atoms with Crippen LogP contribution in [0.5, 0.6) is 17.2 Å². The quantitative estimate of drug-likeness (QED) is 0.889. The zero-order valence-corrected chi connectivity index (χ0v) is 10.8. The SMILES string of the molecule is O=C(O)CC(c1cc2c(c(Cl)c1O)OCO2)C1CC1. The molecule has 1 heterocycles. The molecule has 0 bridgehead atoms. The third-order valence-corrected chi connectivity index (χ3v) is 3.94. The topological polar surface area (TPSA) is 76.0 Å². The van der Waals surface area contributed by atoms with E-state index in [1.807, 2.05) is 0 Å². The van der Waals surface area contributed by atoms with Crippen LogP contribution in [0.1, 0.15) is 30.7 Å². The van der Waals surface area contributed by atoms with Gasteiger partial charge in [0.25, 0.3) is 0 Å². The maximum atomic E-state index is 11.0. The average molecular weight is 285 g/mol. The van der Waals surface area contributed by atoms with Crippen LogP contribution in [0.25, 0.3) is 0 Å². The fourth-order valence-corrected chi connectivity index (χ4v) is 2.77. The van der Waals surface area contributed by atoms with Crippen molar-refractivity contribution in [3.8, 4) is 17.2 Å². The molecule has 1 aliphatic carbocycles. The number of carbonyl (C=O) groups is 1. The molecule has 0 amide bonds. The van der Waals surface area contributed by atoms with Crippen molar-refractivity contribution in [1.29, 1.82) is 0 Å². The van der Waals surface area contributed by atoms with Crippen LogP contribution in [0.15, 0.2) is 6.07 Å². The zero-order chi connectivity index (χ0) is 13.6. The minimum absolute atomic E-state index is 0.0196. The molecule has 102 valence electrons. The summed E-state index contributed by atoms with van der Waals surface area (Å²) in [7, 11) is 0. The lowest BCUT2D eigenvalue weighted by molar-refractivity contribution is -0.137. The normalized spacial score (nSPS) is 18.4. The minimum atomic E-state index is -0.884. The Bertz CT molecular complexity index is 538. The summed E-state index contributed by atoms with van der Waals surface area (Å²) in [6.07, 6.45) is 1.93.